The number of carbonyl (C=O) groups excluding carboxylic acids is 1. The maximum atomic E-state index is 13.0. The van der Waals surface area contributed by atoms with E-state index < -0.39 is 6.04 Å². The summed E-state index contributed by atoms with van der Waals surface area (Å²) in [7, 11) is 0. The maximum absolute atomic E-state index is 13.0. The van der Waals surface area contributed by atoms with Crippen molar-refractivity contribution < 1.29 is 9.53 Å². The predicted molar refractivity (Wildman–Crippen MR) is 134 cm³/mol. The number of carbonyl (C=O) groups is 1. The Balaban J connectivity index is 2.39. The van der Waals surface area contributed by atoms with Gasteiger partial charge < -0.3 is 4.74 Å². The first kappa shape index (κ1) is 24.9. The van der Waals surface area contributed by atoms with Crippen molar-refractivity contribution in [1.82, 2.24) is 0 Å². The zero-order chi connectivity index (χ0) is 22.5. The number of ether oxygens (including phenoxy) is 1. The first-order valence-electron chi connectivity index (χ1n) is 11.2. The van der Waals surface area contributed by atoms with Crippen molar-refractivity contribution in [3.63, 3.8) is 0 Å². The number of benzene rings is 2. The molecule has 0 aliphatic carbocycles. The lowest BCUT2D eigenvalue weighted by Crippen LogP contribution is -2.31. The lowest BCUT2D eigenvalue weighted by molar-refractivity contribution is -0.145. The fraction of sp³-hybridized carbons (Fsp3) is 0.407. The average molecular weight is 438 g/mol. The van der Waals surface area contributed by atoms with Crippen LogP contribution in [0.2, 0.25) is 0 Å². The molecule has 0 N–H and O–H groups in total. The minimum absolute atomic E-state index is 0.0456. The zero-order valence-electron chi connectivity index (χ0n) is 18.9. The molecular formula is C27H35NO2S. The molecule has 4 heteroatoms. The normalized spacial score (nSPS) is 14.1. The summed E-state index contributed by atoms with van der Waals surface area (Å²) in [6.45, 7) is 6.33. The minimum atomic E-state index is -0.556. The molecule has 0 amide bonds. The molecule has 3 atom stereocenters. The highest BCUT2D eigenvalue weighted by molar-refractivity contribution is 7.80. The Bertz CT molecular complexity index is 791. The van der Waals surface area contributed by atoms with Gasteiger partial charge in [-0.1, -0.05) is 79.7 Å². The molecule has 0 saturated carbocycles. The van der Waals surface area contributed by atoms with E-state index in [4.69, 9.17) is 9.73 Å². The zero-order valence-corrected chi connectivity index (χ0v) is 19.8. The summed E-state index contributed by atoms with van der Waals surface area (Å²) in [5.41, 5.74) is 2.81. The van der Waals surface area contributed by atoms with Gasteiger partial charge in [0.1, 0.15) is 0 Å². The maximum Gasteiger partial charge on any atom is 0.331 e. The van der Waals surface area contributed by atoms with Crippen LogP contribution in [0.1, 0.15) is 51.2 Å². The second kappa shape index (κ2) is 13.9. The number of aliphatic imine (C=N–C) groups is 1. The fourth-order valence-corrected chi connectivity index (χ4v) is 4.06. The van der Waals surface area contributed by atoms with E-state index in [1.54, 1.807) is 0 Å². The first-order chi connectivity index (χ1) is 15.1. The SMILES string of the molecule is C/C=C/CCC(CS)C[C@@H](C)C(N=C(c1ccccc1)c1ccccc1)C(=O)OCC. The summed E-state index contributed by atoms with van der Waals surface area (Å²) < 4.78 is 5.44. The molecule has 31 heavy (non-hydrogen) atoms. The summed E-state index contributed by atoms with van der Waals surface area (Å²) in [5, 5.41) is 0. The molecular weight excluding hydrogens is 402 g/mol. The van der Waals surface area contributed by atoms with Crippen LogP contribution in [0.4, 0.5) is 0 Å². The van der Waals surface area contributed by atoms with Gasteiger partial charge in [0.05, 0.1) is 12.3 Å². The fourth-order valence-electron chi connectivity index (χ4n) is 3.72. The van der Waals surface area contributed by atoms with E-state index in [1.807, 2.05) is 74.5 Å². The number of esters is 1. The van der Waals surface area contributed by atoms with Crippen molar-refractivity contribution in [3.8, 4) is 0 Å². The minimum Gasteiger partial charge on any atom is -0.464 e. The molecule has 3 nitrogen and oxygen atoms in total. The molecule has 0 bridgehead atoms. The van der Waals surface area contributed by atoms with Gasteiger partial charge >= 0.3 is 5.97 Å². The molecule has 0 aliphatic heterocycles. The summed E-state index contributed by atoms with van der Waals surface area (Å²) in [6.07, 6.45) is 7.23. The molecule has 0 saturated heterocycles. The number of hydrogen-bond donors (Lipinski definition) is 1. The van der Waals surface area contributed by atoms with Crippen LogP contribution in [0.25, 0.3) is 0 Å². The molecule has 0 fully saturated rings. The third kappa shape index (κ3) is 8.02. The third-order valence-electron chi connectivity index (χ3n) is 5.37. The average Bonchev–Trinajstić information content (AvgIpc) is 2.80. The van der Waals surface area contributed by atoms with Crippen LogP contribution in [0.5, 0.6) is 0 Å². The molecule has 2 aromatic rings. The van der Waals surface area contributed by atoms with Crippen LogP contribution in [0.3, 0.4) is 0 Å². The second-order valence-electron chi connectivity index (χ2n) is 7.81. The second-order valence-corrected chi connectivity index (χ2v) is 8.18. The Morgan fingerprint density at radius 2 is 1.65 bits per heavy atom. The van der Waals surface area contributed by atoms with Gasteiger partial charge in [-0.25, -0.2) is 4.79 Å². The highest BCUT2D eigenvalue weighted by Crippen LogP contribution is 2.25. The van der Waals surface area contributed by atoms with E-state index in [0.717, 1.165) is 41.9 Å². The highest BCUT2D eigenvalue weighted by atomic mass is 32.1. The van der Waals surface area contributed by atoms with Crippen molar-refractivity contribution in [3.05, 3.63) is 83.9 Å². The van der Waals surface area contributed by atoms with Gasteiger partial charge in [-0.15, -0.1) is 0 Å². The highest BCUT2D eigenvalue weighted by Gasteiger charge is 2.29. The molecule has 0 aliphatic rings. The molecule has 0 spiro atoms. The van der Waals surface area contributed by atoms with E-state index in [9.17, 15) is 4.79 Å². The van der Waals surface area contributed by atoms with Gasteiger partial charge in [-0.3, -0.25) is 4.99 Å². The molecule has 2 aromatic carbocycles. The Morgan fingerprint density at radius 1 is 1.06 bits per heavy atom. The van der Waals surface area contributed by atoms with E-state index in [0.29, 0.717) is 12.5 Å². The van der Waals surface area contributed by atoms with Gasteiger partial charge in [-0.05, 0) is 50.7 Å². The lowest BCUT2D eigenvalue weighted by atomic mass is 9.88. The van der Waals surface area contributed by atoms with Gasteiger partial charge in [-0.2, -0.15) is 12.6 Å². The quantitative estimate of drug-likeness (QED) is 0.181. The van der Waals surface area contributed by atoms with Crippen LogP contribution in [-0.2, 0) is 9.53 Å². The van der Waals surface area contributed by atoms with E-state index in [-0.39, 0.29) is 11.9 Å². The third-order valence-corrected chi connectivity index (χ3v) is 5.89. The number of hydrogen-bond acceptors (Lipinski definition) is 4. The molecule has 0 aromatic heterocycles. The van der Waals surface area contributed by atoms with Crippen molar-refractivity contribution in [2.75, 3.05) is 12.4 Å². The van der Waals surface area contributed by atoms with Gasteiger partial charge in [0.15, 0.2) is 6.04 Å². The van der Waals surface area contributed by atoms with E-state index in [2.05, 4.69) is 31.7 Å². The standard InChI is InChI=1S/C27H35NO2S/c1-4-6-9-14-22(20-31)19-21(3)25(27(29)30-5-2)28-26(23-15-10-7-11-16-23)24-17-12-8-13-18-24/h4,6-8,10-13,15-18,21-22,25,31H,5,9,14,19-20H2,1-3H3/b6-4+/t21-,22?,25?/m1/s1. The number of nitrogens with zero attached hydrogens (tertiary/aromatic N) is 1. The van der Waals surface area contributed by atoms with Gasteiger partial charge in [0, 0.05) is 11.1 Å². The van der Waals surface area contributed by atoms with Crippen LogP contribution < -0.4 is 0 Å². The Hall–Kier alpha value is -2.33. The Labute approximate surface area is 193 Å². The number of allylic oxidation sites excluding steroid dienone is 2. The van der Waals surface area contributed by atoms with Gasteiger partial charge in [0.25, 0.3) is 0 Å². The summed E-state index contributed by atoms with van der Waals surface area (Å²) in [6, 6.07) is 19.5. The topological polar surface area (TPSA) is 38.7 Å². The van der Waals surface area contributed by atoms with Crippen molar-refractivity contribution in [2.24, 2.45) is 16.8 Å². The monoisotopic (exact) mass is 437 g/mol. The van der Waals surface area contributed by atoms with Crippen LogP contribution in [0.15, 0.2) is 77.8 Å². The van der Waals surface area contributed by atoms with Crippen molar-refractivity contribution in [2.45, 2.75) is 46.1 Å². The van der Waals surface area contributed by atoms with Crippen LogP contribution >= 0.6 is 12.6 Å². The molecule has 0 radical (unpaired) electrons. The Morgan fingerprint density at radius 3 is 2.13 bits per heavy atom. The summed E-state index contributed by atoms with van der Waals surface area (Å²) in [4.78, 5) is 18.0. The van der Waals surface area contributed by atoms with Crippen LogP contribution in [0, 0.1) is 11.8 Å². The molecule has 0 heterocycles. The summed E-state index contributed by atoms with van der Waals surface area (Å²) in [5.74, 6) is 1.01. The molecule has 2 unspecified atom stereocenters. The summed E-state index contributed by atoms with van der Waals surface area (Å²) >= 11 is 4.56. The predicted octanol–water partition coefficient (Wildman–Crippen LogP) is 6.38. The van der Waals surface area contributed by atoms with Crippen LogP contribution in [-0.4, -0.2) is 30.1 Å². The van der Waals surface area contributed by atoms with Gasteiger partial charge in [0.2, 0.25) is 0 Å². The molecule has 166 valence electrons. The smallest absolute Gasteiger partial charge is 0.331 e. The number of thiol groups is 1. The first-order valence-corrected chi connectivity index (χ1v) is 11.8. The Kier molecular flexibility index (Phi) is 11.2. The van der Waals surface area contributed by atoms with E-state index >= 15 is 0 Å². The lowest BCUT2D eigenvalue weighted by Gasteiger charge is -2.24. The van der Waals surface area contributed by atoms with Crippen molar-refractivity contribution in [1.29, 1.82) is 0 Å². The molecule has 2 rings (SSSR count). The van der Waals surface area contributed by atoms with E-state index in [1.165, 1.54) is 0 Å². The number of rotatable bonds is 12. The van der Waals surface area contributed by atoms with Crippen molar-refractivity contribution >= 4 is 24.3 Å². The largest absolute Gasteiger partial charge is 0.464 e.